The van der Waals surface area contributed by atoms with Gasteiger partial charge in [-0.05, 0) is 20.0 Å². The number of ether oxygens (including phenoxy) is 3. The third-order valence-electron chi connectivity index (χ3n) is 4.30. The molecule has 0 aliphatic carbocycles. The van der Waals surface area contributed by atoms with Crippen molar-refractivity contribution >= 4 is 11.9 Å². The van der Waals surface area contributed by atoms with Crippen LogP contribution in [0.3, 0.4) is 0 Å². The smallest absolute Gasteiger partial charge is 0.229 e. The average molecular weight is 376 g/mol. The number of nitrogens with zero attached hydrogens (tertiary/aromatic N) is 5. The molecule has 0 radical (unpaired) electrons. The van der Waals surface area contributed by atoms with E-state index in [0.29, 0.717) is 35.6 Å². The highest BCUT2D eigenvalue weighted by Crippen LogP contribution is 2.40. The van der Waals surface area contributed by atoms with E-state index in [1.54, 1.807) is 26.2 Å². The summed E-state index contributed by atoms with van der Waals surface area (Å²) in [5.41, 5.74) is 6.80. The number of aromatic nitrogens is 3. The summed E-state index contributed by atoms with van der Waals surface area (Å²) in [7, 11) is 10.5. The van der Waals surface area contributed by atoms with Crippen molar-refractivity contribution in [3.05, 3.63) is 23.5 Å². The summed E-state index contributed by atoms with van der Waals surface area (Å²) < 4.78 is 16.4. The molecule has 0 amide bonds. The SMILES string of the molecule is COc1ccc(CN(C)[C@H](C)c2nc(N)nc(N(C)C)n2)c(OC)c1OC. The Morgan fingerprint density at radius 1 is 0.963 bits per heavy atom. The minimum atomic E-state index is -0.0909. The lowest BCUT2D eigenvalue weighted by Gasteiger charge is -2.25. The van der Waals surface area contributed by atoms with Crippen LogP contribution < -0.4 is 24.8 Å². The van der Waals surface area contributed by atoms with Gasteiger partial charge in [-0.2, -0.15) is 15.0 Å². The number of anilines is 2. The normalized spacial score (nSPS) is 12.0. The van der Waals surface area contributed by atoms with E-state index in [4.69, 9.17) is 19.9 Å². The first-order valence-corrected chi connectivity index (χ1v) is 8.49. The molecular formula is C18H28N6O3. The van der Waals surface area contributed by atoms with Crippen molar-refractivity contribution in [3.8, 4) is 17.2 Å². The quantitative estimate of drug-likeness (QED) is 0.738. The van der Waals surface area contributed by atoms with Crippen LogP contribution in [0.4, 0.5) is 11.9 Å². The topological polar surface area (TPSA) is 98.9 Å². The van der Waals surface area contributed by atoms with E-state index >= 15 is 0 Å². The van der Waals surface area contributed by atoms with Gasteiger partial charge < -0.3 is 24.8 Å². The molecule has 0 fully saturated rings. The van der Waals surface area contributed by atoms with Crippen molar-refractivity contribution in [1.82, 2.24) is 19.9 Å². The molecule has 0 aliphatic rings. The largest absolute Gasteiger partial charge is 0.493 e. The number of rotatable bonds is 8. The lowest BCUT2D eigenvalue weighted by atomic mass is 10.1. The maximum atomic E-state index is 5.85. The molecule has 0 saturated carbocycles. The van der Waals surface area contributed by atoms with Gasteiger partial charge in [0.1, 0.15) is 0 Å². The molecule has 1 atom stereocenters. The van der Waals surface area contributed by atoms with Gasteiger partial charge in [0.25, 0.3) is 0 Å². The summed E-state index contributed by atoms with van der Waals surface area (Å²) in [6, 6.07) is 3.73. The van der Waals surface area contributed by atoms with Crippen molar-refractivity contribution in [2.24, 2.45) is 0 Å². The number of benzene rings is 1. The second-order valence-electron chi connectivity index (χ2n) is 6.33. The van der Waals surface area contributed by atoms with Crippen LogP contribution in [0.25, 0.3) is 0 Å². The standard InChI is InChI=1S/C18H28N6O3/c1-11(16-20-17(19)22-18(21-16)23(2)3)24(4)10-12-8-9-13(25-5)15(27-7)14(12)26-6/h8-9,11H,10H2,1-7H3,(H2,19,20,21,22)/t11-/m1/s1. The third kappa shape index (κ3) is 4.48. The van der Waals surface area contributed by atoms with Gasteiger partial charge in [-0.1, -0.05) is 6.07 Å². The zero-order valence-electron chi connectivity index (χ0n) is 17.0. The van der Waals surface area contributed by atoms with Gasteiger partial charge in [0, 0.05) is 26.2 Å². The maximum Gasteiger partial charge on any atom is 0.229 e. The molecule has 0 unspecified atom stereocenters. The molecule has 9 nitrogen and oxygen atoms in total. The predicted molar refractivity (Wildman–Crippen MR) is 105 cm³/mol. The number of hydrogen-bond acceptors (Lipinski definition) is 9. The summed E-state index contributed by atoms with van der Waals surface area (Å²) in [5, 5.41) is 0. The second-order valence-corrected chi connectivity index (χ2v) is 6.33. The minimum Gasteiger partial charge on any atom is -0.493 e. The lowest BCUT2D eigenvalue weighted by Crippen LogP contribution is -2.26. The highest BCUT2D eigenvalue weighted by atomic mass is 16.5. The number of hydrogen-bond donors (Lipinski definition) is 1. The van der Waals surface area contributed by atoms with E-state index in [0.717, 1.165) is 5.56 Å². The number of nitrogens with two attached hydrogens (primary N) is 1. The summed E-state index contributed by atoms with van der Waals surface area (Å²) >= 11 is 0. The Kier molecular flexibility index (Phi) is 6.62. The van der Waals surface area contributed by atoms with E-state index < -0.39 is 0 Å². The van der Waals surface area contributed by atoms with E-state index in [2.05, 4.69) is 19.9 Å². The molecule has 2 N–H and O–H groups in total. The summed E-state index contributed by atoms with van der Waals surface area (Å²) in [6.07, 6.45) is 0. The first-order valence-electron chi connectivity index (χ1n) is 8.49. The Balaban J connectivity index is 2.30. The molecule has 9 heteroatoms. The Morgan fingerprint density at radius 3 is 2.19 bits per heavy atom. The van der Waals surface area contributed by atoms with Crippen molar-refractivity contribution in [1.29, 1.82) is 0 Å². The Labute approximate surface area is 160 Å². The molecule has 0 aliphatic heterocycles. The fourth-order valence-electron chi connectivity index (χ4n) is 2.67. The van der Waals surface area contributed by atoms with Crippen LogP contribution in [0.2, 0.25) is 0 Å². The van der Waals surface area contributed by atoms with Crippen LogP contribution in [-0.2, 0) is 6.54 Å². The average Bonchev–Trinajstić information content (AvgIpc) is 2.66. The van der Waals surface area contributed by atoms with Crippen LogP contribution in [0.15, 0.2) is 12.1 Å². The van der Waals surface area contributed by atoms with Gasteiger partial charge >= 0.3 is 0 Å². The third-order valence-corrected chi connectivity index (χ3v) is 4.30. The zero-order chi connectivity index (χ0) is 20.1. The Hall–Kier alpha value is -2.81. The molecular weight excluding hydrogens is 348 g/mol. The van der Waals surface area contributed by atoms with Crippen LogP contribution in [0.1, 0.15) is 24.4 Å². The van der Waals surface area contributed by atoms with Crippen LogP contribution >= 0.6 is 0 Å². The molecule has 2 aromatic rings. The highest BCUT2D eigenvalue weighted by Gasteiger charge is 2.21. The zero-order valence-corrected chi connectivity index (χ0v) is 17.0. The van der Waals surface area contributed by atoms with E-state index in [1.165, 1.54) is 0 Å². The van der Waals surface area contributed by atoms with Crippen molar-refractivity contribution in [2.75, 3.05) is 53.1 Å². The molecule has 0 bridgehead atoms. The molecule has 1 heterocycles. The van der Waals surface area contributed by atoms with Gasteiger partial charge in [-0.15, -0.1) is 0 Å². The van der Waals surface area contributed by atoms with Crippen molar-refractivity contribution in [2.45, 2.75) is 19.5 Å². The number of methoxy groups -OCH3 is 3. The molecule has 1 aromatic carbocycles. The monoisotopic (exact) mass is 376 g/mol. The van der Waals surface area contributed by atoms with Gasteiger partial charge in [0.2, 0.25) is 17.6 Å². The van der Waals surface area contributed by atoms with Crippen LogP contribution in [0.5, 0.6) is 17.2 Å². The first-order chi connectivity index (χ1) is 12.8. The molecule has 0 saturated heterocycles. The van der Waals surface area contributed by atoms with Gasteiger partial charge in [-0.3, -0.25) is 4.90 Å². The Bertz CT molecular complexity index is 784. The fraction of sp³-hybridized carbons (Fsp3) is 0.500. The van der Waals surface area contributed by atoms with Crippen molar-refractivity contribution < 1.29 is 14.2 Å². The Morgan fingerprint density at radius 2 is 1.63 bits per heavy atom. The molecule has 0 spiro atoms. The predicted octanol–water partition coefficient (Wildman–Crippen LogP) is 1.74. The number of nitrogen functional groups attached to an aromatic ring is 1. The van der Waals surface area contributed by atoms with Gasteiger partial charge in [0.05, 0.1) is 27.4 Å². The lowest BCUT2D eigenvalue weighted by molar-refractivity contribution is 0.238. The van der Waals surface area contributed by atoms with E-state index in [9.17, 15) is 0 Å². The summed E-state index contributed by atoms with van der Waals surface area (Å²) in [6.45, 7) is 2.61. The highest BCUT2D eigenvalue weighted by molar-refractivity contribution is 5.55. The molecule has 27 heavy (non-hydrogen) atoms. The van der Waals surface area contributed by atoms with Crippen LogP contribution in [0, 0.1) is 0 Å². The summed E-state index contributed by atoms with van der Waals surface area (Å²) in [5.74, 6) is 3.16. The van der Waals surface area contributed by atoms with E-state index in [1.807, 2.05) is 40.2 Å². The first kappa shape index (κ1) is 20.5. The molecule has 2 rings (SSSR count). The maximum absolute atomic E-state index is 5.85. The van der Waals surface area contributed by atoms with Crippen LogP contribution in [-0.4, -0.2) is 62.3 Å². The fourth-order valence-corrected chi connectivity index (χ4v) is 2.67. The molecule has 148 valence electrons. The van der Waals surface area contributed by atoms with E-state index in [-0.39, 0.29) is 12.0 Å². The van der Waals surface area contributed by atoms with Crippen molar-refractivity contribution in [3.63, 3.8) is 0 Å². The minimum absolute atomic E-state index is 0.0909. The van der Waals surface area contributed by atoms with Gasteiger partial charge in [-0.25, -0.2) is 0 Å². The van der Waals surface area contributed by atoms with Gasteiger partial charge in [0.15, 0.2) is 17.3 Å². The molecule has 1 aromatic heterocycles. The summed E-state index contributed by atoms with van der Waals surface area (Å²) in [4.78, 5) is 16.8. The second kappa shape index (κ2) is 8.72.